The Morgan fingerprint density at radius 3 is 2.55 bits per heavy atom. The summed E-state index contributed by atoms with van der Waals surface area (Å²) >= 11 is 0. The number of hydrogen-bond donors (Lipinski definition) is 2. The minimum atomic E-state index is -0.472. The Kier molecular flexibility index (Phi) is 8.49. The highest BCUT2D eigenvalue weighted by molar-refractivity contribution is 5.28. The van der Waals surface area contributed by atoms with E-state index in [4.69, 9.17) is 4.74 Å². The Morgan fingerprint density at radius 1 is 1.07 bits per heavy atom. The topological polar surface area (TPSA) is 65.8 Å². The van der Waals surface area contributed by atoms with Crippen LogP contribution in [-0.2, 0) is 19.6 Å². The number of aromatic nitrogens is 2. The van der Waals surface area contributed by atoms with Crippen LogP contribution >= 0.6 is 0 Å². The third kappa shape index (κ3) is 7.12. The molecule has 0 radical (unpaired) electrons. The van der Waals surface area contributed by atoms with Crippen molar-refractivity contribution in [1.82, 2.24) is 24.9 Å². The number of benzene rings is 1. The molecule has 1 fully saturated rings. The predicted molar refractivity (Wildman–Crippen MR) is 115 cm³/mol. The zero-order valence-corrected chi connectivity index (χ0v) is 17.8. The highest BCUT2D eigenvalue weighted by Gasteiger charge is 2.18. The Balaban J connectivity index is 1.37. The molecule has 160 valence electrons. The van der Waals surface area contributed by atoms with E-state index < -0.39 is 6.10 Å². The fourth-order valence-electron chi connectivity index (χ4n) is 3.60. The molecular formula is C22H35N5O2. The number of hydrogen-bond acceptors (Lipinski definition) is 6. The molecule has 0 unspecified atom stereocenters. The van der Waals surface area contributed by atoms with Crippen LogP contribution in [0.25, 0.3) is 0 Å². The van der Waals surface area contributed by atoms with Gasteiger partial charge in [0, 0.05) is 64.1 Å². The lowest BCUT2D eigenvalue weighted by Gasteiger charge is -2.34. The van der Waals surface area contributed by atoms with Crippen molar-refractivity contribution in [3.8, 4) is 5.75 Å². The maximum atomic E-state index is 10.3. The number of aryl methyl sites for hydroxylation is 1. The van der Waals surface area contributed by atoms with Crippen LogP contribution in [0, 0.1) is 0 Å². The standard InChI is InChI=1S/C22H35N5O2/c1-3-25-8-10-26(11-9-25)17-21(28)18-29-22-7-5-6-19(12-22)13-23-14-20-15-24-27(4-2)16-20/h5-7,12,15-16,21,23,28H,3-4,8-11,13-14,17-18H2,1-2H3/t21-/m1/s1. The molecule has 2 heterocycles. The Bertz CT molecular complexity index is 727. The number of β-amino-alcohol motifs (C(OH)–C–C–N with tert-alkyl or cyclic N) is 1. The van der Waals surface area contributed by atoms with Gasteiger partial charge in [0.05, 0.1) is 6.20 Å². The van der Waals surface area contributed by atoms with Gasteiger partial charge in [0.15, 0.2) is 0 Å². The number of aliphatic hydroxyl groups excluding tert-OH is 1. The number of piperazine rings is 1. The molecule has 1 aliphatic rings. The van der Waals surface area contributed by atoms with E-state index in [1.165, 1.54) is 5.56 Å². The minimum absolute atomic E-state index is 0.321. The van der Waals surface area contributed by atoms with Crippen molar-refractivity contribution < 1.29 is 9.84 Å². The van der Waals surface area contributed by atoms with Crippen molar-refractivity contribution in [3.63, 3.8) is 0 Å². The van der Waals surface area contributed by atoms with Crippen LogP contribution in [0.2, 0.25) is 0 Å². The van der Waals surface area contributed by atoms with Gasteiger partial charge >= 0.3 is 0 Å². The zero-order valence-electron chi connectivity index (χ0n) is 17.8. The first-order valence-corrected chi connectivity index (χ1v) is 10.7. The molecule has 2 N–H and O–H groups in total. The minimum Gasteiger partial charge on any atom is -0.491 e. The largest absolute Gasteiger partial charge is 0.491 e. The first-order chi connectivity index (χ1) is 14.2. The molecule has 1 aromatic carbocycles. The molecule has 0 aliphatic carbocycles. The second-order valence-corrected chi connectivity index (χ2v) is 7.65. The van der Waals surface area contributed by atoms with E-state index >= 15 is 0 Å². The molecule has 0 spiro atoms. The number of nitrogens with zero attached hydrogens (tertiary/aromatic N) is 4. The number of likely N-dealkylation sites (N-methyl/N-ethyl adjacent to an activating group) is 1. The van der Waals surface area contributed by atoms with Crippen molar-refractivity contribution in [3.05, 3.63) is 47.8 Å². The SMILES string of the molecule is CCN1CCN(C[C@@H](O)COc2cccc(CNCc3cnn(CC)c3)c2)CC1. The van der Waals surface area contributed by atoms with E-state index in [0.29, 0.717) is 13.2 Å². The van der Waals surface area contributed by atoms with Gasteiger partial charge in [-0.3, -0.25) is 9.58 Å². The van der Waals surface area contributed by atoms with Crippen LogP contribution in [0.1, 0.15) is 25.0 Å². The summed E-state index contributed by atoms with van der Waals surface area (Å²) < 4.78 is 7.78. The van der Waals surface area contributed by atoms with E-state index in [1.807, 2.05) is 29.1 Å². The fourth-order valence-corrected chi connectivity index (χ4v) is 3.60. The number of ether oxygens (including phenoxy) is 1. The summed E-state index contributed by atoms with van der Waals surface area (Å²) in [5.74, 6) is 0.804. The van der Waals surface area contributed by atoms with Crippen molar-refractivity contribution in [2.45, 2.75) is 39.6 Å². The summed E-state index contributed by atoms with van der Waals surface area (Å²) in [6, 6.07) is 8.06. The normalized spacial score (nSPS) is 16.8. The Morgan fingerprint density at radius 2 is 1.83 bits per heavy atom. The lowest BCUT2D eigenvalue weighted by Crippen LogP contribution is -2.49. The first kappa shape index (κ1) is 21.8. The molecule has 3 rings (SSSR count). The van der Waals surface area contributed by atoms with Crippen LogP contribution in [0.15, 0.2) is 36.7 Å². The summed E-state index contributed by atoms with van der Waals surface area (Å²) in [5, 5.41) is 18.1. The second kappa shape index (κ2) is 11.3. The van der Waals surface area contributed by atoms with Crippen molar-refractivity contribution >= 4 is 0 Å². The van der Waals surface area contributed by atoms with Crippen LogP contribution in [0.4, 0.5) is 0 Å². The lowest BCUT2D eigenvalue weighted by molar-refractivity contribution is 0.0471. The van der Waals surface area contributed by atoms with Crippen LogP contribution in [0.5, 0.6) is 5.75 Å². The van der Waals surface area contributed by atoms with Crippen LogP contribution < -0.4 is 10.1 Å². The number of aliphatic hydroxyl groups is 1. The van der Waals surface area contributed by atoms with Gasteiger partial charge in [0.2, 0.25) is 0 Å². The lowest BCUT2D eigenvalue weighted by atomic mass is 10.2. The predicted octanol–water partition coefficient (Wildman–Crippen LogP) is 1.57. The van der Waals surface area contributed by atoms with E-state index in [0.717, 1.165) is 63.7 Å². The van der Waals surface area contributed by atoms with Gasteiger partial charge in [-0.15, -0.1) is 0 Å². The van der Waals surface area contributed by atoms with E-state index in [9.17, 15) is 5.11 Å². The maximum absolute atomic E-state index is 10.3. The molecule has 1 aromatic heterocycles. The van der Waals surface area contributed by atoms with Gasteiger partial charge in [0.25, 0.3) is 0 Å². The summed E-state index contributed by atoms with van der Waals surface area (Å²) in [6.07, 6.45) is 3.50. The zero-order chi connectivity index (χ0) is 20.5. The monoisotopic (exact) mass is 401 g/mol. The molecule has 29 heavy (non-hydrogen) atoms. The highest BCUT2D eigenvalue weighted by Crippen LogP contribution is 2.14. The molecule has 7 nitrogen and oxygen atoms in total. The molecular weight excluding hydrogens is 366 g/mol. The number of nitrogens with one attached hydrogen (secondary N) is 1. The molecule has 1 atom stereocenters. The summed E-state index contributed by atoms with van der Waals surface area (Å²) in [6.45, 7) is 13.0. The quantitative estimate of drug-likeness (QED) is 0.596. The fraction of sp³-hybridized carbons (Fsp3) is 0.591. The average Bonchev–Trinajstić information content (AvgIpc) is 3.21. The van der Waals surface area contributed by atoms with E-state index in [1.54, 1.807) is 0 Å². The molecule has 1 saturated heterocycles. The van der Waals surface area contributed by atoms with E-state index in [-0.39, 0.29) is 0 Å². The van der Waals surface area contributed by atoms with Gasteiger partial charge in [-0.05, 0) is 31.2 Å². The van der Waals surface area contributed by atoms with Gasteiger partial charge in [0.1, 0.15) is 18.5 Å². The van der Waals surface area contributed by atoms with Crippen molar-refractivity contribution in [1.29, 1.82) is 0 Å². The van der Waals surface area contributed by atoms with Crippen LogP contribution in [0.3, 0.4) is 0 Å². The molecule has 0 saturated carbocycles. The second-order valence-electron chi connectivity index (χ2n) is 7.65. The molecule has 0 amide bonds. The van der Waals surface area contributed by atoms with Gasteiger partial charge in [-0.25, -0.2) is 0 Å². The molecule has 2 aromatic rings. The smallest absolute Gasteiger partial charge is 0.119 e. The van der Waals surface area contributed by atoms with E-state index in [2.05, 4.69) is 46.3 Å². The molecule has 0 bridgehead atoms. The van der Waals surface area contributed by atoms with Crippen molar-refractivity contribution in [2.75, 3.05) is 45.9 Å². The average molecular weight is 402 g/mol. The summed E-state index contributed by atoms with van der Waals surface area (Å²) in [4.78, 5) is 4.76. The summed E-state index contributed by atoms with van der Waals surface area (Å²) in [7, 11) is 0. The van der Waals surface area contributed by atoms with Gasteiger partial charge in [-0.2, -0.15) is 5.10 Å². The first-order valence-electron chi connectivity index (χ1n) is 10.7. The molecule has 7 heteroatoms. The Labute approximate surface area is 174 Å². The van der Waals surface area contributed by atoms with Gasteiger partial charge < -0.3 is 20.1 Å². The summed E-state index contributed by atoms with van der Waals surface area (Å²) in [5.41, 5.74) is 2.35. The van der Waals surface area contributed by atoms with Crippen molar-refractivity contribution in [2.24, 2.45) is 0 Å². The third-order valence-corrected chi connectivity index (χ3v) is 5.39. The van der Waals surface area contributed by atoms with Gasteiger partial charge in [-0.1, -0.05) is 19.1 Å². The third-order valence-electron chi connectivity index (χ3n) is 5.39. The Hall–Kier alpha value is -1.93. The maximum Gasteiger partial charge on any atom is 0.119 e. The highest BCUT2D eigenvalue weighted by atomic mass is 16.5. The van der Waals surface area contributed by atoms with Crippen LogP contribution in [-0.4, -0.2) is 76.7 Å². The number of rotatable bonds is 11. The molecule has 1 aliphatic heterocycles.